The van der Waals surface area contributed by atoms with Gasteiger partial charge in [0.15, 0.2) is 6.29 Å². The number of rotatable bonds is 3. The van der Waals surface area contributed by atoms with Crippen molar-refractivity contribution in [1.82, 2.24) is 0 Å². The number of hydrogen-bond donors (Lipinski definition) is 0. The second kappa shape index (κ2) is 5.57. The summed E-state index contributed by atoms with van der Waals surface area (Å²) in [5.41, 5.74) is 2.01. The average Bonchev–Trinajstić information content (AvgIpc) is 3.10. The molecule has 1 aliphatic heterocycles. The molecule has 2 aliphatic carbocycles. The average molecular weight is 343 g/mol. The summed E-state index contributed by atoms with van der Waals surface area (Å²) < 4.78 is 13.2. The zero-order valence-electron chi connectivity index (χ0n) is 16.7. The lowest BCUT2D eigenvalue weighted by atomic mass is 9.70. The van der Waals surface area contributed by atoms with Gasteiger partial charge in [-0.3, -0.25) is 0 Å². The number of hydrogen-bond acceptors (Lipinski definition) is 2. The molecule has 0 spiro atoms. The molecule has 2 heteroatoms. The Labute approximate surface area is 153 Å². The molecule has 3 aliphatic rings. The number of ether oxygens (including phenoxy) is 2. The molecule has 2 bridgehead atoms. The van der Waals surface area contributed by atoms with Gasteiger partial charge in [-0.2, -0.15) is 0 Å². The summed E-state index contributed by atoms with van der Waals surface area (Å²) >= 11 is 0. The highest BCUT2D eigenvalue weighted by Gasteiger charge is 2.69. The molecule has 25 heavy (non-hydrogen) atoms. The van der Waals surface area contributed by atoms with Crippen molar-refractivity contribution in [2.45, 2.75) is 79.3 Å². The Bertz CT molecular complexity index is 629. The van der Waals surface area contributed by atoms with Crippen LogP contribution in [0.15, 0.2) is 30.3 Å². The Balaban J connectivity index is 1.54. The van der Waals surface area contributed by atoms with Gasteiger partial charge in [-0.25, -0.2) is 0 Å². The van der Waals surface area contributed by atoms with Crippen molar-refractivity contribution >= 4 is 0 Å². The van der Waals surface area contributed by atoms with Crippen molar-refractivity contribution in [3.8, 4) is 0 Å². The maximum Gasteiger partial charge on any atom is 0.159 e. The summed E-state index contributed by atoms with van der Waals surface area (Å²) in [6.45, 7) is 14.2. The van der Waals surface area contributed by atoms with E-state index in [0.717, 1.165) is 12.3 Å². The van der Waals surface area contributed by atoms with Crippen molar-refractivity contribution in [1.29, 1.82) is 0 Å². The smallest absolute Gasteiger partial charge is 0.159 e. The maximum atomic E-state index is 6.61. The lowest BCUT2D eigenvalue weighted by Crippen LogP contribution is -2.38. The Hall–Kier alpha value is -0.860. The highest BCUT2D eigenvalue weighted by atomic mass is 16.7. The summed E-state index contributed by atoms with van der Waals surface area (Å²) in [4.78, 5) is 0. The van der Waals surface area contributed by atoms with E-state index in [2.05, 4.69) is 71.9 Å². The van der Waals surface area contributed by atoms with E-state index in [9.17, 15) is 0 Å². The first kappa shape index (κ1) is 17.5. The van der Waals surface area contributed by atoms with Crippen LogP contribution < -0.4 is 0 Å². The van der Waals surface area contributed by atoms with Crippen LogP contribution in [-0.2, 0) is 9.47 Å². The van der Waals surface area contributed by atoms with Gasteiger partial charge in [0.25, 0.3) is 0 Å². The topological polar surface area (TPSA) is 18.5 Å². The lowest BCUT2D eigenvalue weighted by Gasteiger charge is -2.39. The minimum Gasteiger partial charge on any atom is -0.349 e. The molecule has 0 radical (unpaired) electrons. The van der Waals surface area contributed by atoms with Crippen molar-refractivity contribution in [3.63, 3.8) is 0 Å². The molecule has 0 N–H and O–H groups in total. The molecule has 2 nitrogen and oxygen atoms in total. The van der Waals surface area contributed by atoms with Gasteiger partial charge in [0.05, 0.1) is 12.2 Å². The van der Waals surface area contributed by atoms with Crippen LogP contribution in [0.25, 0.3) is 0 Å². The Morgan fingerprint density at radius 1 is 1.12 bits per heavy atom. The molecule has 138 valence electrons. The highest BCUT2D eigenvalue weighted by Crippen LogP contribution is 2.71. The summed E-state index contributed by atoms with van der Waals surface area (Å²) in [6, 6.07) is 10.6. The first-order valence-electron chi connectivity index (χ1n) is 10.0. The molecule has 1 aromatic rings. The van der Waals surface area contributed by atoms with Gasteiger partial charge in [0.2, 0.25) is 0 Å². The molecular weight excluding hydrogens is 308 g/mol. The van der Waals surface area contributed by atoms with Crippen LogP contribution in [0.1, 0.15) is 72.5 Å². The van der Waals surface area contributed by atoms with E-state index in [-0.39, 0.29) is 17.8 Å². The number of benzene rings is 1. The molecular formula is C23H34O2. The van der Waals surface area contributed by atoms with E-state index in [0.29, 0.717) is 22.9 Å². The standard InChI is InChI=1S/C23H34O2/c1-21(2,3)19(15-10-8-7-9-11-15)24-18-14-16-17-12-13-23(6,20(16)25-18)22(17,4)5/h7-11,16-20H,12-14H2,1-6H3/t16-,17+,18-,19-,20-,23-/m0/s1. The fraction of sp³-hybridized carbons (Fsp3) is 0.739. The zero-order valence-corrected chi connectivity index (χ0v) is 16.7. The summed E-state index contributed by atoms with van der Waals surface area (Å²) in [5, 5.41) is 0. The first-order valence-corrected chi connectivity index (χ1v) is 10.0. The van der Waals surface area contributed by atoms with Crippen molar-refractivity contribution in [3.05, 3.63) is 35.9 Å². The Morgan fingerprint density at radius 2 is 1.80 bits per heavy atom. The summed E-state index contributed by atoms with van der Waals surface area (Å²) in [7, 11) is 0. The fourth-order valence-electron chi connectivity index (χ4n) is 6.13. The van der Waals surface area contributed by atoms with Crippen LogP contribution in [-0.4, -0.2) is 12.4 Å². The van der Waals surface area contributed by atoms with Crippen LogP contribution in [0, 0.1) is 28.1 Å². The van der Waals surface area contributed by atoms with E-state index in [1.165, 1.54) is 18.4 Å². The minimum absolute atomic E-state index is 0.0462. The van der Waals surface area contributed by atoms with E-state index in [1.807, 2.05) is 0 Å². The zero-order chi connectivity index (χ0) is 18.0. The van der Waals surface area contributed by atoms with E-state index in [4.69, 9.17) is 9.47 Å². The van der Waals surface area contributed by atoms with E-state index in [1.54, 1.807) is 0 Å². The van der Waals surface area contributed by atoms with Crippen molar-refractivity contribution in [2.24, 2.45) is 28.1 Å². The van der Waals surface area contributed by atoms with Crippen molar-refractivity contribution in [2.75, 3.05) is 0 Å². The van der Waals surface area contributed by atoms with Crippen LogP contribution >= 0.6 is 0 Å². The van der Waals surface area contributed by atoms with Gasteiger partial charge in [0.1, 0.15) is 0 Å². The van der Waals surface area contributed by atoms with Gasteiger partial charge >= 0.3 is 0 Å². The van der Waals surface area contributed by atoms with Gasteiger partial charge < -0.3 is 9.47 Å². The normalized spacial score (nSPS) is 40.2. The molecule has 1 aromatic carbocycles. The third-order valence-electron chi connectivity index (χ3n) is 7.85. The minimum atomic E-state index is -0.0598. The van der Waals surface area contributed by atoms with Crippen molar-refractivity contribution < 1.29 is 9.47 Å². The molecule has 0 unspecified atom stereocenters. The highest BCUT2D eigenvalue weighted by molar-refractivity contribution is 5.20. The third kappa shape index (κ3) is 2.51. The quantitative estimate of drug-likeness (QED) is 0.673. The molecule has 6 atom stereocenters. The van der Waals surface area contributed by atoms with Gasteiger partial charge in [-0.15, -0.1) is 0 Å². The maximum absolute atomic E-state index is 6.61. The molecule has 1 saturated heterocycles. The molecule has 0 amide bonds. The van der Waals surface area contributed by atoms with E-state index < -0.39 is 0 Å². The summed E-state index contributed by atoms with van der Waals surface area (Å²) in [6.07, 6.45) is 4.12. The predicted octanol–water partition coefficient (Wildman–Crippen LogP) is 5.98. The fourth-order valence-corrected chi connectivity index (χ4v) is 6.13. The van der Waals surface area contributed by atoms with Crippen LogP contribution in [0.4, 0.5) is 0 Å². The summed E-state index contributed by atoms with van der Waals surface area (Å²) in [5.74, 6) is 1.47. The predicted molar refractivity (Wildman–Crippen MR) is 101 cm³/mol. The van der Waals surface area contributed by atoms with Gasteiger partial charge in [-0.1, -0.05) is 71.9 Å². The SMILES string of the molecule is CC(C)(C)[C@@H](O[C@@H]1C[C@H]2[C@H]3CC[C@@](C)([C@H]2O1)C3(C)C)c1ccccc1. The van der Waals surface area contributed by atoms with Crippen LogP contribution in [0.2, 0.25) is 0 Å². The largest absolute Gasteiger partial charge is 0.349 e. The molecule has 1 heterocycles. The van der Waals surface area contributed by atoms with Gasteiger partial charge in [0, 0.05) is 6.42 Å². The molecule has 4 rings (SSSR count). The molecule has 2 saturated carbocycles. The molecule has 0 aromatic heterocycles. The first-order chi connectivity index (χ1) is 11.6. The second-order valence-corrected chi connectivity index (χ2v) is 10.5. The number of fused-ring (bicyclic) bond motifs is 5. The van der Waals surface area contributed by atoms with Crippen LogP contribution in [0.3, 0.4) is 0 Å². The third-order valence-corrected chi connectivity index (χ3v) is 7.85. The molecule has 3 fully saturated rings. The lowest BCUT2D eigenvalue weighted by molar-refractivity contribution is -0.205. The van der Waals surface area contributed by atoms with E-state index >= 15 is 0 Å². The Morgan fingerprint density at radius 3 is 2.40 bits per heavy atom. The monoisotopic (exact) mass is 342 g/mol. The Kier molecular flexibility index (Phi) is 3.91. The second-order valence-electron chi connectivity index (χ2n) is 10.5. The van der Waals surface area contributed by atoms with Crippen LogP contribution in [0.5, 0.6) is 0 Å². The van der Waals surface area contributed by atoms with Gasteiger partial charge in [-0.05, 0) is 46.5 Å².